The molecule has 1 aliphatic carbocycles. The second-order valence-electron chi connectivity index (χ2n) is 3.36. The molecule has 0 spiro atoms. The van der Waals surface area contributed by atoms with Crippen LogP contribution in [-0.2, 0) is 10.0 Å². The van der Waals surface area contributed by atoms with Crippen molar-refractivity contribution in [2.75, 3.05) is 11.8 Å². The zero-order chi connectivity index (χ0) is 8.54. The van der Waals surface area contributed by atoms with Crippen LogP contribution in [0.1, 0.15) is 19.8 Å². The van der Waals surface area contributed by atoms with Crippen molar-refractivity contribution in [3.63, 3.8) is 0 Å². The van der Waals surface area contributed by atoms with Gasteiger partial charge in [0, 0.05) is 6.54 Å². The first-order valence-electron chi connectivity index (χ1n) is 3.51. The maximum Gasteiger partial charge on any atom is 0.225 e. The van der Waals surface area contributed by atoms with Crippen LogP contribution in [0.25, 0.3) is 0 Å². The number of sulfonamides is 1. The Balaban J connectivity index is 2.32. The number of alkyl halides is 1. The molecule has 1 N–H and O–H groups in total. The van der Waals surface area contributed by atoms with Gasteiger partial charge in [0.05, 0.1) is 0 Å². The first-order chi connectivity index (χ1) is 4.97. The van der Waals surface area contributed by atoms with Gasteiger partial charge in [-0.2, -0.15) is 0 Å². The highest BCUT2D eigenvalue weighted by atomic mass is 35.5. The van der Waals surface area contributed by atoms with Crippen LogP contribution < -0.4 is 4.72 Å². The Kier molecular flexibility index (Phi) is 2.46. The standard InChI is InChI=1S/C6H12ClNO2S/c1-6(2-3-6)4-8-11(9,10)5-7/h8H,2-5H2,1H3. The van der Waals surface area contributed by atoms with E-state index in [-0.39, 0.29) is 10.6 Å². The van der Waals surface area contributed by atoms with E-state index in [1.165, 1.54) is 0 Å². The van der Waals surface area contributed by atoms with Gasteiger partial charge in [-0.3, -0.25) is 0 Å². The minimum atomic E-state index is -3.20. The quantitative estimate of drug-likeness (QED) is 0.681. The van der Waals surface area contributed by atoms with Crippen LogP contribution in [0.5, 0.6) is 0 Å². The molecule has 1 rings (SSSR count). The van der Waals surface area contributed by atoms with E-state index in [1.54, 1.807) is 0 Å². The molecule has 5 heteroatoms. The molecule has 0 aromatic carbocycles. The molecule has 0 saturated heterocycles. The van der Waals surface area contributed by atoms with Gasteiger partial charge in [-0.25, -0.2) is 13.1 Å². The maximum atomic E-state index is 10.8. The van der Waals surface area contributed by atoms with E-state index in [0.29, 0.717) is 6.54 Å². The van der Waals surface area contributed by atoms with Crippen LogP contribution in [-0.4, -0.2) is 20.2 Å². The lowest BCUT2D eigenvalue weighted by molar-refractivity contribution is 0.533. The van der Waals surface area contributed by atoms with E-state index in [2.05, 4.69) is 11.6 Å². The molecule has 3 nitrogen and oxygen atoms in total. The van der Waals surface area contributed by atoms with E-state index < -0.39 is 10.0 Å². The third kappa shape index (κ3) is 2.97. The van der Waals surface area contributed by atoms with Crippen LogP contribution in [0, 0.1) is 5.41 Å². The molecule has 66 valence electrons. The molecular weight excluding hydrogens is 186 g/mol. The van der Waals surface area contributed by atoms with Crippen molar-refractivity contribution in [1.29, 1.82) is 0 Å². The molecular formula is C6H12ClNO2S. The lowest BCUT2D eigenvalue weighted by atomic mass is 10.2. The van der Waals surface area contributed by atoms with Crippen molar-refractivity contribution in [1.82, 2.24) is 4.72 Å². The van der Waals surface area contributed by atoms with Crippen molar-refractivity contribution in [2.24, 2.45) is 5.41 Å². The summed E-state index contributed by atoms with van der Waals surface area (Å²) in [4.78, 5) is 0. The van der Waals surface area contributed by atoms with Crippen molar-refractivity contribution >= 4 is 21.6 Å². The van der Waals surface area contributed by atoms with E-state index in [0.717, 1.165) is 12.8 Å². The smallest absolute Gasteiger partial charge is 0.214 e. The zero-order valence-electron chi connectivity index (χ0n) is 6.43. The highest BCUT2D eigenvalue weighted by Crippen LogP contribution is 2.44. The minimum absolute atomic E-state index is 0.207. The lowest BCUT2D eigenvalue weighted by Gasteiger charge is -2.08. The summed E-state index contributed by atoms with van der Waals surface area (Å²) >= 11 is 5.19. The van der Waals surface area contributed by atoms with Gasteiger partial charge >= 0.3 is 0 Å². The van der Waals surface area contributed by atoms with Gasteiger partial charge in [0.15, 0.2) is 0 Å². The average Bonchev–Trinajstić information content (AvgIpc) is 2.66. The van der Waals surface area contributed by atoms with Gasteiger partial charge in [-0.1, -0.05) is 6.92 Å². The summed E-state index contributed by atoms with van der Waals surface area (Å²) in [6.07, 6.45) is 2.22. The average molecular weight is 198 g/mol. The zero-order valence-corrected chi connectivity index (χ0v) is 8.00. The Morgan fingerprint density at radius 2 is 2.09 bits per heavy atom. The Labute approximate surface area is 72.2 Å². The van der Waals surface area contributed by atoms with Crippen molar-refractivity contribution in [2.45, 2.75) is 19.8 Å². The van der Waals surface area contributed by atoms with Gasteiger partial charge in [0.1, 0.15) is 5.21 Å². The van der Waals surface area contributed by atoms with E-state index in [1.807, 2.05) is 0 Å². The number of hydrogen-bond donors (Lipinski definition) is 1. The molecule has 11 heavy (non-hydrogen) atoms. The van der Waals surface area contributed by atoms with E-state index in [4.69, 9.17) is 11.6 Å². The van der Waals surface area contributed by atoms with Crippen LogP contribution >= 0.6 is 11.6 Å². The molecule has 0 unspecified atom stereocenters. The molecule has 0 heterocycles. The van der Waals surface area contributed by atoms with Gasteiger partial charge in [0.25, 0.3) is 0 Å². The highest BCUT2D eigenvalue weighted by Gasteiger charge is 2.37. The van der Waals surface area contributed by atoms with E-state index >= 15 is 0 Å². The highest BCUT2D eigenvalue weighted by molar-refractivity contribution is 7.90. The summed E-state index contributed by atoms with van der Waals surface area (Å²) in [5.74, 6) is 0. The third-order valence-electron chi connectivity index (χ3n) is 1.97. The van der Waals surface area contributed by atoms with Crippen LogP contribution in [0.3, 0.4) is 0 Å². The number of halogens is 1. The summed E-state index contributed by atoms with van der Waals surface area (Å²) < 4.78 is 24.1. The summed E-state index contributed by atoms with van der Waals surface area (Å²) in [6.45, 7) is 2.59. The Morgan fingerprint density at radius 3 is 2.45 bits per heavy atom. The minimum Gasteiger partial charge on any atom is -0.214 e. The normalized spacial score (nSPS) is 21.6. The topological polar surface area (TPSA) is 46.2 Å². The fraction of sp³-hybridized carbons (Fsp3) is 1.00. The number of nitrogens with one attached hydrogen (secondary N) is 1. The Hall–Kier alpha value is 0.200. The van der Waals surface area contributed by atoms with Gasteiger partial charge in [-0.15, -0.1) is 11.6 Å². The predicted molar refractivity (Wildman–Crippen MR) is 45.0 cm³/mol. The third-order valence-corrected chi connectivity index (χ3v) is 3.70. The summed E-state index contributed by atoms with van der Waals surface area (Å²) in [5, 5.41) is -0.344. The first kappa shape index (κ1) is 9.29. The second-order valence-corrected chi connectivity index (χ2v) is 5.75. The fourth-order valence-corrected chi connectivity index (χ4v) is 1.59. The molecule has 0 amide bonds. The molecule has 0 bridgehead atoms. The largest absolute Gasteiger partial charge is 0.225 e. The Bertz CT molecular complexity index is 233. The second kappa shape index (κ2) is 2.92. The van der Waals surface area contributed by atoms with Crippen LogP contribution in [0.4, 0.5) is 0 Å². The fourth-order valence-electron chi connectivity index (χ4n) is 0.713. The molecule has 0 aromatic rings. The molecule has 0 aliphatic heterocycles. The van der Waals surface area contributed by atoms with Crippen molar-refractivity contribution in [3.8, 4) is 0 Å². The van der Waals surface area contributed by atoms with Crippen LogP contribution in [0.2, 0.25) is 0 Å². The molecule has 0 radical (unpaired) electrons. The molecule has 1 saturated carbocycles. The summed E-state index contributed by atoms with van der Waals surface area (Å²) in [5.41, 5.74) is 0.207. The summed E-state index contributed by atoms with van der Waals surface area (Å²) in [7, 11) is -3.20. The van der Waals surface area contributed by atoms with Crippen molar-refractivity contribution < 1.29 is 8.42 Å². The maximum absolute atomic E-state index is 10.8. The number of hydrogen-bond acceptors (Lipinski definition) is 2. The van der Waals surface area contributed by atoms with Crippen molar-refractivity contribution in [3.05, 3.63) is 0 Å². The van der Waals surface area contributed by atoms with E-state index in [9.17, 15) is 8.42 Å². The number of rotatable bonds is 4. The molecule has 0 aromatic heterocycles. The molecule has 1 fully saturated rings. The summed E-state index contributed by atoms with van der Waals surface area (Å²) in [6, 6.07) is 0. The van der Waals surface area contributed by atoms with Gasteiger partial charge in [0.2, 0.25) is 10.0 Å². The predicted octanol–water partition coefficient (Wildman–Crippen LogP) is 0.902. The van der Waals surface area contributed by atoms with Gasteiger partial charge < -0.3 is 0 Å². The first-order valence-corrected chi connectivity index (χ1v) is 5.69. The lowest BCUT2D eigenvalue weighted by Crippen LogP contribution is -2.29. The Morgan fingerprint density at radius 1 is 1.55 bits per heavy atom. The SMILES string of the molecule is CC1(CNS(=O)(=O)CCl)CC1. The molecule has 0 atom stereocenters. The van der Waals surface area contributed by atoms with Gasteiger partial charge in [-0.05, 0) is 18.3 Å². The monoisotopic (exact) mass is 197 g/mol. The molecule has 1 aliphatic rings. The van der Waals surface area contributed by atoms with Crippen LogP contribution in [0.15, 0.2) is 0 Å².